The number of carbonyl (C=O) groups is 2. The lowest BCUT2D eigenvalue weighted by atomic mass is 9.99. The average molecular weight is 366 g/mol. The Kier molecular flexibility index (Phi) is 5.55. The van der Waals surface area contributed by atoms with Crippen molar-refractivity contribution in [3.05, 3.63) is 75.8 Å². The van der Waals surface area contributed by atoms with E-state index in [1.54, 1.807) is 6.07 Å². The molecule has 1 atom stereocenters. The van der Waals surface area contributed by atoms with Crippen molar-refractivity contribution in [1.29, 1.82) is 0 Å². The zero-order valence-corrected chi connectivity index (χ0v) is 14.4. The Balaban J connectivity index is 1.53. The van der Waals surface area contributed by atoms with Crippen LogP contribution in [0, 0.1) is 10.1 Å². The van der Waals surface area contributed by atoms with Crippen LogP contribution in [0.4, 0.5) is 5.69 Å². The van der Waals surface area contributed by atoms with Gasteiger partial charge in [0.05, 0.1) is 11.1 Å². The molecule has 0 saturated carbocycles. The maximum atomic E-state index is 12.1. The summed E-state index contributed by atoms with van der Waals surface area (Å²) < 4.78 is 0. The molecular formula is C19H18N4O4. The molecule has 8 heteroatoms. The highest BCUT2D eigenvalue weighted by atomic mass is 16.6. The van der Waals surface area contributed by atoms with E-state index in [1.807, 2.05) is 30.3 Å². The molecule has 8 nitrogen and oxygen atoms in total. The highest BCUT2D eigenvalue weighted by Gasteiger charge is 2.31. The van der Waals surface area contributed by atoms with Crippen LogP contribution in [-0.4, -0.2) is 40.9 Å². The van der Waals surface area contributed by atoms with Gasteiger partial charge in [-0.15, -0.1) is 0 Å². The fourth-order valence-electron chi connectivity index (χ4n) is 2.98. The molecule has 3 rings (SSSR count). The Morgan fingerprint density at radius 3 is 2.78 bits per heavy atom. The van der Waals surface area contributed by atoms with Crippen molar-refractivity contribution in [1.82, 2.24) is 10.3 Å². The molecule has 2 aromatic carbocycles. The highest BCUT2D eigenvalue weighted by molar-refractivity contribution is 5.87. The molecule has 0 spiro atoms. The summed E-state index contributed by atoms with van der Waals surface area (Å²) in [6.07, 6.45) is 1.71. The van der Waals surface area contributed by atoms with E-state index in [-0.39, 0.29) is 24.1 Å². The molecule has 1 N–H and O–H groups in total. The summed E-state index contributed by atoms with van der Waals surface area (Å²) in [6, 6.07) is 15.6. The Labute approximate surface area is 155 Å². The molecule has 1 aliphatic heterocycles. The summed E-state index contributed by atoms with van der Waals surface area (Å²) in [6.45, 7) is 0.416. The first-order chi connectivity index (χ1) is 13.0. The number of hydrogen-bond donors (Lipinski definition) is 1. The van der Waals surface area contributed by atoms with E-state index in [0.717, 1.165) is 5.56 Å². The smallest absolute Gasteiger partial charge is 0.270 e. The van der Waals surface area contributed by atoms with Gasteiger partial charge in [-0.05, 0) is 5.56 Å². The van der Waals surface area contributed by atoms with Crippen molar-refractivity contribution in [2.75, 3.05) is 13.1 Å². The largest absolute Gasteiger partial charge is 0.333 e. The molecule has 1 heterocycles. The predicted molar refractivity (Wildman–Crippen MR) is 99.2 cm³/mol. The van der Waals surface area contributed by atoms with Gasteiger partial charge in [0, 0.05) is 36.6 Å². The Hall–Kier alpha value is -3.55. The molecule has 2 aromatic rings. The Morgan fingerprint density at radius 2 is 2.04 bits per heavy atom. The maximum absolute atomic E-state index is 12.1. The average Bonchev–Trinajstić information content (AvgIpc) is 3.03. The highest BCUT2D eigenvalue weighted by Crippen LogP contribution is 2.27. The van der Waals surface area contributed by atoms with E-state index < -0.39 is 10.8 Å². The number of nitrogens with zero attached hydrogens (tertiary/aromatic N) is 3. The number of rotatable bonds is 6. The lowest BCUT2D eigenvalue weighted by Gasteiger charge is -2.15. The van der Waals surface area contributed by atoms with Gasteiger partial charge in [0.2, 0.25) is 5.91 Å². The normalized spacial score (nSPS) is 16.7. The number of nitro groups is 1. The van der Waals surface area contributed by atoms with Gasteiger partial charge in [-0.2, -0.15) is 5.10 Å². The number of nitro benzene ring substituents is 1. The fourth-order valence-corrected chi connectivity index (χ4v) is 2.98. The second-order valence-electron chi connectivity index (χ2n) is 6.23. The molecular weight excluding hydrogens is 348 g/mol. The number of nitrogens with one attached hydrogen (secondary N) is 1. The van der Waals surface area contributed by atoms with Gasteiger partial charge in [-0.1, -0.05) is 42.5 Å². The minimum Gasteiger partial charge on any atom is -0.333 e. The SMILES string of the molecule is O=C(CN1C[C@H](c2ccccc2)CC1=O)N/N=C\c1cccc([N+](=O)[O-])c1. The van der Waals surface area contributed by atoms with Crippen LogP contribution >= 0.6 is 0 Å². The molecule has 1 saturated heterocycles. The summed E-state index contributed by atoms with van der Waals surface area (Å²) in [4.78, 5) is 35.9. The van der Waals surface area contributed by atoms with Gasteiger partial charge in [-0.3, -0.25) is 19.7 Å². The van der Waals surface area contributed by atoms with Crippen molar-refractivity contribution >= 4 is 23.7 Å². The Morgan fingerprint density at radius 1 is 1.26 bits per heavy atom. The van der Waals surface area contributed by atoms with E-state index in [9.17, 15) is 19.7 Å². The number of hydrazone groups is 1. The van der Waals surface area contributed by atoms with Gasteiger partial charge < -0.3 is 4.90 Å². The fraction of sp³-hybridized carbons (Fsp3) is 0.211. The van der Waals surface area contributed by atoms with Gasteiger partial charge in [0.1, 0.15) is 6.54 Å². The van der Waals surface area contributed by atoms with Crippen molar-refractivity contribution in [2.45, 2.75) is 12.3 Å². The summed E-state index contributed by atoms with van der Waals surface area (Å²) >= 11 is 0. The third kappa shape index (κ3) is 4.75. The first-order valence-electron chi connectivity index (χ1n) is 8.42. The minimum atomic E-state index is -0.502. The van der Waals surface area contributed by atoms with E-state index >= 15 is 0 Å². The lowest BCUT2D eigenvalue weighted by Crippen LogP contribution is -2.36. The van der Waals surface area contributed by atoms with Crippen LogP contribution in [0.3, 0.4) is 0 Å². The number of amides is 2. The van der Waals surface area contributed by atoms with Gasteiger partial charge in [0.25, 0.3) is 11.6 Å². The van der Waals surface area contributed by atoms with Crippen LogP contribution in [0.15, 0.2) is 59.7 Å². The van der Waals surface area contributed by atoms with Gasteiger partial charge in [-0.25, -0.2) is 5.43 Å². The quantitative estimate of drug-likeness (QED) is 0.480. The van der Waals surface area contributed by atoms with E-state index in [0.29, 0.717) is 18.5 Å². The molecule has 0 bridgehead atoms. The number of carbonyl (C=O) groups excluding carboxylic acids is 2. The molecule has 2 amide bonds. The number of hydrogen-bond acceptors (Lipinski definition) is 5. The molecule has 0 radical (unpaired) electrons. The lowest BCUT2D eigenvalue weighted by molar-refractivity contribution is -0.384. The molecule has 1 aliphatic rings. The van der Waals surface area contributed by atoms with Crippen LogP contribution in [0.1, 0.15) is 23.5 Å². The van der Waals surface area contributed by atoms with Gasteiger partial charge >= 0.3 is 0 Å². The van der Waals surface area contributed by atoms with Crippen molar-refractivity contribution in [2.24, 2.45) is 5.10 Å². The van der Waals surface area contributed by atoms with Crippen molar-refractivity contribution < 1.29 is 14.5 Å². The summed E-state index contributed by atoms with van der Waals surface area (Å²) in [5.41, 5.74) is 3.87. The third-order valence-electron chi connectivity index (χ3n) is 4.30. The van der Waals surface area contributed by atoms with Crippen molar-refractivity contribution in [3.8, 4) is 0 Å². The zero-order valence-electron chi connectivity index (χ0n) is 14.4. The van der Waals surface area contributed by atoms with Crippen LogP contribution in [0.5, 0.6) is 0 Å². The molecule has 138 valence electrons. The van der Waals surface area contributed by atoms with Crippen LogP contribution < -0.4 is 5.43 Å². The molecule has 0 unspecified atom stereocenters. The molecule has 0 aromatic heterocycles. The predicted octanol–water partition coefficient (Wildman–Crippen LogP) is 2.06. The second kappa shape index (κ2) is 8.22. The van der Waals surface area contributed by atoms with E-state index in [4.69, 9.17) is 0 Å². The summed E-state index contributed by atoms with van der Waals surface area (Å²) in [5.74, 6) is -0.403. The van der Waals surface area contributed by atoms with Crippen molar-refractivity contribution in [3.63, 3.8) is 0 Å². The first-order valence-corrected chi connectivity index (χ1v) is 8.42. The minimum absolute atomic E-state index is 0.0557. The summed E-state index contributed by atoms with van der Waals surface area (Å²) in [5, 5.41) is 14.5. The second-order valence-corrected chi connectivity index (χ2v) is 6.23. The topological polar surface area (TPSA) is 105 Å². The Bertz CT molecular complexity index is 882. The van der Waals surface area contributed by atoms with E-state index in [2.05, 4.69) is 10.5 Å². The van der Waals surface area contributed by atoms with Crippen LogP contribution in [0.25, 0.3) is 0 Å². The molecule has 27 heavy (non-hydrogen) atoms. The first kappa shape index (κ1) is 18.2. The standard InChI is InChI=1S/C19H18N4O4/c24-18(21-20-11-14-5-4-8-17(9-14)23(26)27)13-22-12-16(10-19(22)25)15-6-2-1-3-7-15/h1-9,11,16H,10,12-13H2,(H,21,24)/b20-11-/t16-/m1/s1. The van der Waals surface area contributed by atoms with Crippen LogP contribution in [-0.2, 0) is 9.59 Å². The number of benzene rings is 2. The third-order valence-corrected chi connectivity index (χ3v) is 4.30. The molecule has 1 fully saturated rings. The summed E-state index contributed by atoms with van der Waals surface area (Å²) in [7, 11) is 0. The monoisotopic (exact) mass is 366 g/mol. The number of non-ortho nitro benzene ring substituents is 1. The van der Waals surface area contributed by atoms with Gasteiger partial charge in [0.15, 0.2) is 0 Å². The molecule has 0 aliphatic carbocycles. The maximum Gasteiger partial charge on any atom is 0.270 e. The van der Waals surface area contributed by atoms with Crippen LogP contribution in [0.2, 0.25) is 0 Å². The zero-order chi connectivity index (χ0) is 19.2. The number of likely N-dealkylation sites (tertiary alicyclic amines) is 1. The van der Waals surface area contributed by atoms with E-state index in [1.165, 1.54) is 29.3 Å².